The Morgan fingerprint density at radius 1 is 1.18 bits per heavy atom. The summed E-state index contributed by atoms with van der Waals surface area (Å²) in [7, 11) is 3.74. The van der Waals surface area contributed by atoms with Crippen molar-refractivity contribution in [2.45, 2.75) is 39.2 Å². The van der Waals surface area contributed by atoms with Crippen molar-refractivity contribution in [2.75, 3.05) is 24.3 Å². The molecule has 0 spiro atoms. The van der Waals surface area contributed by atoms with E-state index in [1.807, 2.05) is 14.1 Å². The first kappa shape index (κ1) is 14.0. The zero-order valence-corrected chi connectivity index (χ0v) is 11.8. The van der Waals surface area contributed by atoms with Crippen LogP contribution in [0.1, 0.15) is 33.6 Å². The molecule has 1 rings (SSSR count). The van der Waals surface area contributed by atoms with Crippen LogP contribution in [0.15, 0.2) is 0 Å². The van der Waals surface area contributed by atoms with Gasteiger partial charge in [0, 0.05) is 19.6 Å². The molecule has 0 amide bonds. The van der Waals surface area contributed by atoms with Crippen molar-refractivity contribution >= 4 is 23.5 Å². The van der Waals surface area contributed by atoms with Crippen LogP contribution in [0.25, 0.3) is 0 Å². The molecule has 0 aliphatic rings. The van der Waals surface area contributed by atoms with Crippen molar-refractivity contribution < 1.29 is 0 Å². The van der Waals surface area contributed by atoms with E-state index in [9.17, 15) is 0 Å². The van der Waals surface area contributed by atoms with Gasteiger partial charge in [-0.2, -0.15) is 15.0 Å². The summed E-state index contributed by atoms with van der Waals surface area (Å²) in [6, 6.07) is 0. The Morgan fingerprint density at radius 2 is 1.76 bits per heavy atom. The molecule has 6 heteroatoms. The molecule has 5 nitrogen and oxygen atoms in total. The average molecular weight is 258 g/mol. The van der Waals surface area contributed by atoms with E-state index in [0.29, 0.717) is 11.9 Å². The van der Waals surface area contributed by atoms with E-state index in [1.54, 1.807) is 4.90 Å². The Labute approximate surface area is 108 Å². The first-order valence-electron chi connectivity index (χ1n) is 5.77. The molecule has 0 saturated carbocycles. The number of nitrogens with zero attached hydrogens (tertiary/aromatic N) is 4. The minimum absolute atomic E-state index is 0.0196. The highest BCUT2D eigenvalue weighted by molar-refractivity contribution is 6.28. The average Bonchev–Trinajstić information content (AvgIpc) is 2.28. The van der Waals surface area contributed by atoms with Crippen LogP contribution in [-0.2, 0) is 0 Å². The lowest BCUT2D eigenvalue weighted by molar-refractivity contribution is 0.474. The smallest absolute Gasteiger partial charge is 0.230 e. The highest BCUT2D eigenvalue weighted by atomic mass is 35.5. The van der Waals surface area contributed by atoms with Gasteiger partial charge >= 0.3 is 0 Å². The van der Waals surface area contributed by atoms with Crippen LogP contribution in [0.2, 0.25) is 5.28 Å². The van der Waals surface area contributed by atoms with Crippen molar-refractivity contribution in [1.29, 1.82) is 0 Å². The number of aromatic nitrogens is 3. The number of halogens is 1. The van der Waals surface area contributed by atoms with Gasteiger partial charge in [-0.3, -0.25) is 0 Å². The maximum Gasteiger partial charge on any atom is 0.230 e. The van der Waals surface area contributed by atoms with Gasteiger partial charge in [-0.25, -0.2) is 0 Å². The van der Waals surface area contributed by atoms with Crippen molar-refractivity contribution in [3.8, 4) is 0 Å². The highest BCUT2D eigenvalue weighted by Crippen LogP contribution is 2.21. The normalized spacial score (nSPS) is 11.4. The Kier molecular flexibility index (Phi) is 4.51. The quantitative estimate of drug-likeness (QED) is 0.879. The first-order chi connectivity index (χ1) is 7.90. The van der Waals surface area contributed by atoms with Crippen molar-refractivity contribution in [3.63, 3.8) is 0 Å². The minimum Gasteiger partial charge on any atom is -0.349 e. The minimum atomic E-state index is -0.0196. The maximum atomic E-state index is 5.88. The van der Waals surface area contributed by atoms with E-state index >= 15 is 0 Å². The molecule has 0 fully saturated rings. The second-order valence-corrected chi connectivity index (χ2v) is 4.85. The summed E-state index contributed by atoms with van der Waals surface area (Å²) in [6.45, 7) is 6.40. The Balaban J connectivity index is 2.98. The summed E-state index contributed by atoms with van der Waals surface area (Å²) in [6.07, 6.45) is 1.98. The Hall–Kier alpha value is -1.10. The third-order valence-electron chi connectivity index (χ3n) is 2.97. The third-order valence-corrected chi connectivity index (χ3v) is 3.14. The monoisotopic (exact) mass is 257 g/mol. The lowest BCUT2D eigenvalue weighted by atomic mass is 9.96. The molecule has 0 aliphatic carbocycles. The van der Waals surface area contributed by atoms with Crippen LogP contribution in [0.4, 0.5) is 11.9 Å². The fourth-order valence-electron chi connectivity index (χ4n) is 1.29. The molecule has 0 saturated heterocycles. The summed E-state index contributed by atoms with van der Waals surface area (Å²) in [5.74, 6) is 1.09. The molecule has 0 atom stereocenters. The van der Waals surface area contributed by atoms with E-state index < -0.39 is 0 Å². The van der Waals surface area contributed by atoms with Gasteiger partial charge in [0.2, 0.25) is 17.2 Å². The maximum absolute atomic E-state index is 5.88. The lowest BCUT2D eigenvalue weighted by Crippen LogP contribution is -2.34. The van der Waals surface area contributed by atoms with Gasteiger partial charge in [0.1, 0.15) is 0 Å². The van der Waals surface area contributed by atoms with Gasteiger partial charge in [0.05, 0.1) is 0 Å². The number of anilines is 2. The molecule has 1 aromatic rings. The fourth-order valence-corrected chi connectivity index (χ4v) is 1.45. The van der Waals surface area contributed by atoms with Crippen molar-refractivity contribution in [3.05, 3.63) is 5.28 Å². The first-order valence-corrected chi connectivity index (χ1v) is 6.15. The second-order valence-electron chi connectivity index (χ2n) is 4.52. The van der Waals surface area contributed by atoms with E-state index in [4.69, 9.17) is 11.6 Å². The molecule has 1 heterocycles. The number of hydrogen-bond donors (Lipinski definition) is 1. The summed E-state index contributed by atoms with van der Waals surface area (Å²) in [4.78, 5) is 14.3. The third kappa shape index (κ3) is 3.70. The molecular formula is C11H20ClN5. The van der Waals surface area contributed by atoms with E-state index in [0.717, 1.165) is 12.8 Å². The molecule has 0 radical (unpaired) electrons. The van der Waals surface area contributed by atoms with Gasteiger partial charge in [0.25, 0.3) is 0 Å². The SMILES string of the molecule is CCC(C)(CC)Nc1nc(Cl)nc(N(C)C)n1. The fraction of sp³-hybridized carbons (Fsp3) is 0.727. The molecule has 0 aromatic carbocycles. The topological polar surface area (TPSA) is 53.9 Å². The van der Waals surface area contributed by atoms with Gasteiger partial charge in [-0.15, -0.1) is 0 Å². The molecule has 1 aromatic heterocycles. The van der Waals surface area contributed by atoms with Crippen LogP contribution in [0, 0.1) is 0 Å². The lowest BCUT2D eigenvalue weighted by Gasteiger charge is -2.28. The molecule has 0 aliphatic heterocycles. The Morgan fingerprint density at radius 3 is 2.24 bits per heavy atom. The van der Waals surface area contributed by atoms with Crippen molar-refractivity contribution in [1.82, 2.24) is 15.0 Å². The second kappa shape index (κ2) is 5.49. The summed E-state index contributed by atoms with van der Waals surface area (Å²) >= 11 is 5.88. The standard InChI is InChI=1S/C11H20ClN5/c1-6-11(3,7-2)16-9-13-8(12)14-10(15-9)17(4)5/h6-7H2,1-5H3,(H,13,14,15,16). The zero-order valence-electron chi connectivity index (χ0n) is 11.1. The Bertz CT molecular complexity index is 376. The van der Waals surface area contributed by atoms with Gasteiger partial charge in [-0.1, -0.05) is 13.8 Å². The molecule has 17 heavy (non-hydrogen) atoms. The largest absolute Gasteiger partial charge is 0.349 e. The van der Waals surface area contributed by atoms with E-state index in [2.05, 4.69) is 41.0 Å². The highest BCUT2D eigenvalue weighted by Gasteiger charge is 2.21. The molecule has 0 bridgehead atoms. The van der Waals surface area contributed by atoms with Gasteiger partial charge < -0.3 is 10.2 Å². The van der Waals surface area contributed by atoms with E-state index in [-0.39, 0.29) is 10.8 Å². The number of rotatable bonds is 5. The van der Waals surface area contributed by atoms with E-state index in [1.165, 1.54) is 0 Å². The summed E-state index contributed by atoms with van der Waals surface area (Å²) in [5, 5.41) is 3.53. The van der Waals surface area contributed by atoms with Crippen LogP contribution in [-0.4, -0.2) is 34.6 Å². The molecule has 1 N–H and O–H groups in total. The van der Waals surface area contributed by atoms with Gasteiger partial charge in [-0.05, 0) is 31.4 Å². The number of hydrogen-bond acceptors (Lipinski definition) is 5. The van der Waals surface area contributed by atoms with Crippen LogP contribution >= 0.6 is 11.6 Å². The van der Waals surface area contributed by atoms with Gasteiger partial charge in [0.15, 0.2) is 0 Å². The molecule has 96 valence electrons. The predicted molar refractivity (Wildman–Crippen MR) is 71.8 cm³/mol. The van der Waals surface area contributed by atoms with Crippen molar-refractivity contribution in [2.24, 2.45) is 0 Å². The molecule has 0 unspecified atom stereocenters. The zero-order chi connectivity index (χ0) is 13.1. The summed E-state index contributed by atoms with van der Waals surface area (Å²) in [5.41, 5.74) is -0.0196. The van der Waals surface area contributed by atoms with Crippen LogP contribution in [0.5, 0.6) is 0 Å². The number of nitrogens with one attached hydrogen (secondary N) is 1. The predicted octanol–water partition coefficient (Wildman–Crippen LogP) is 2.58. The summed E-state index contributed by atoms with van der Waals surface area (Å²) < 4.78 is 0. The van der Waals surface area contributed by atoms with Crippen LogP contribution in [0.3, 0.4) is 0 Å². The molecular weight excluding hydrogens is 238 g/mol. The van der Waals surface area contributed by atoms with Crippen LogP contribution < -0.4 is 10.2 Å².